The van der Waals surface area contributed by atoms with E-state index in [4.69, 9.17) is 0 Å². The van der Waals surface area contributed by atoms with Crippen molar-refractivity contribution in [1.82, 2.24) is 21.1 Å². The van der Waals surface area contributed by atoms with Crippen LogP contribution in [0, 0.1) is 0 Å². The van der Waals surface area contributed by atoms with Crippen LogP contribution in [0.4, 0.5) is 0 Å². The number of hydrogen-bond donors (Lipinski definition) is 3. The number of hydrazine groups is 1. The molecule has 0 radical (unpaired) electrons. The van der Waals surface area contributed by atoms with Crippen molar-refractivity contribution in [3.63, 3.8) is 0 Å². The van der Waals surface area contributed by atoms with E-state index in [9.17, 15) is 14.4 Å². The minimum Gasteiger partial charge on any atom is -0.352 e. The van der Waals surface area contributed by atoms with E-state index in [1.54, 1.807) is 24.3 Å². The molecule has 23 heavy (non-hydrogen) atoms. The molecule has 1 rings (SSSR count). The van der Waals surface area contributed by atoms with E-state index in [0.29, 0.717) is 18.5 Å². The molecule has 0 aromatic heterocycles. The lowest BCUT2D eigenvalue weighted by atomic mass is 10.2. The predicted octanol–water partition coefficient (Wildman–Crippen LogP) is 0.668. The van der Waals surface area contributed by atoms with E-state index in [1.807, 2.05) is 19.0 Å². The highest BCUT2D eigenvalue weighted by Gasteiger charge is 2.08. The van der Waals surface area contributed by atoms with E-state index < -0.39 is 0 Å². The second-order valence-electron chi connectivity index (χ2n) is 5.16. The fraction of sp³-hybridized carbons (Fsp3) is 0.400. The standard InChI is InChI=1S/C15H21BrN4O3/c1-20(2)10-8-14(22)19-18-13(21)7-9-17-15(23)11-3-5-12(16)6-4-11/h3-6H,7-10H2,1-2H3,(H,17,23)(H,18,21)(H,19,22). The fourth-order valence-electron chi connectivity index (χ4n) is 1.58. The zero-order valence-corrected chi connectivity index (χ0v) is 14.8. The van der Waals surface area contributed by atoms with Crippen molar-refractivity contribution >= 4 is 33.7 Å². The SMILES string of the molecule is CN(C)CCC(=O)NNC(=O)CCNC(=O)c1ccc(Br)cc1. The van der Waals surface area contributed by atoms with E-state index in [0.717, 1.165) is 4.47 Å². The van der Waals surface area contributed by atoms with Gasteiger partial charge in [-0.15, -0.1) is 0 Å². The third kappa shape index (κ3) is 8.32. The topological polar surface area (TPSA) is 90.5 Å². The zero-order valence-electron chi connectivity index (χ0n) is 13.2. The summed E-state index contributed by atoms with van der Waals surface area (Å²) in [7, 11) is 3.72. The lowest BCUT2D eigenvalue weighted by Crippen LogP contribution is -2.43. The van der Waals surface area contributed by atoms with Gasteiger partial charge in [0.05, 0.1) is 0 Å². The highest BCUT2D eigenvalue weighted by atomic mass is 79.9. The largest absolute Gasteiger partial charge is 0.352 e. The van der Waals surface area contributed by atoms with Crippen molar-refractivity contribution < 1.29 is 14.4 Å². The molecule has 0 saturated carbocycles. The predicted molar refractivity (Wildman–Crippen MR) is 90.5 cm³/mol. The van der Waals surface area contributed by atoms with Gasteiger partial charge in [-0.3, -0.25) is 25.2 Å². The van der Waals surface area contributed by atoms with Crippen LogP contribution in [0.25, 0.3) is 0 Å². The molecule has 3 N–H and O–H groups in total. The maximum atomic E-state index is 11.8. The maximum Gasteiger partial charge on any atom is 0.251 e. The van der Waals surface area contributed by atoms with Gasteiger partial charge in [0.2, 0.25) is 11.8 Å². The van der Waals surface area contributed by atoms with Crippen LogP contribution in [0.3, 0.4) is 0 Å². The molecule has 0 spiro atoms. The van der Waals surface area contributed by atoms with Crippen molar-refractivity contribution in [1.29, 1.82) is 0 Å². The van der Waals surface area contributed by atoms with Crippen LogP contribution in [0.15, 0.2) is 28.7 Å². The Hall–Kier alpha value is -1.93. The molecule has 8 heteroatoms. The average Bonchev–Trinajstić information content (AvgIpc) is 2.51. The summed E-state index contributed by atoms with van der Waals surface area (Å²) >= 11 is 3.29. The molecular weight excluding hydrogens is 364 g/mol. The van der Waals surface area contributed by atoms with Crippen molar-refractivity contribution in [2.24, 2.45) is 0 Å². The highest BCUT2D eigenvalue weighted by Crippen LogP contribution is 2.10. The lowest BCUT2D eigenvalue weighted by molar-refractivity contribution is -0.129. The number of benzene rings is 1. The van der Waals surface area contributed by atoms with Crippen molar-refractivity contribution in [3.8, 4) is 0 Å². The van der Waals surface area contributed by atoms with Gasteiger partial charge in [-0.2, -0.15) is 0 Å². The van der Waals surface area contributed by atoms with Gasteiger partial charge in [-0.05, 0) is 38.4 Å². The average molecular weight is 385 g/mol. The molecule has 0 saturated heterocycles. The smallest absolute Gasteiger partial charge is 0.251 e. The number of carbonyl (C=O) groups is 3. The van der Waals surface area contributed by atoms with Crippen LogP contribution >= 0.6 is 15.9 Å². The Balaban J connectivity index is 2.19. The Morgan fingerprint density at radius 3 is 2.13 bits per heavy atom. The Morgan fingerprint density at radius 1 is 1.00 bits per heavy atom. The maximum absolute atomic E-state index is 11.8. The highest BCUT2D eigenvalue weighted by molar-refractivity contribution is 9.10. The molecule has 0 heterocycles. The number of rotatable bonds is 7. The van der Waals surface area contributed by atoms with Gasteiger partial charge in [-0.25, -0.2) is 0 Å². The van der Waals surface area contributed by atoms with Crippen molar-refractivity contribution in [2.75, 3.05) is 27.2 Å². The number of halogens is 1. The van der Waals surface area contributed by atoms with E-state index in [1.165, 1.54) is 0 Å². The molecule has 0 aliphatic heterocycles. The molecule has 126 valence electrons. The van der Waals surface area contributed by atoms with Gasteiger partial charge in [0, 0.05) is 36.0 Å². The number of nitrogens with one attached hydrogen (secondary N) is 3. The molecule has 1 aromatic carbocycles. The lowest BCUT2D eigenvalue weighted by Gasteiger charge is -2.10. The van der Waals surface area contributed by atoms with Crippen LogP contribution in [0.5, 0.6) is 0 Å². The van der Waals surface area contributed by atoms with Gasteiger partial charge in [-0.1, -0.05) is 15.9 Å². The second kappa shape index (κ2) is 9.96. The number of carbonyl (C=O) groups excluding carboxylic acids is 3. The first-order chi connectivity index (χ1) is 10.9. The number of hydrogen-bond acceptors (Lipinski definition) is 4. The molecule has 0 fully saturated rings. The van der Waals surface area contributed by atoms with Crippen LogP contribution in [0.2, 0.25) is 0 Å². The van der Waals surface area contributed by atoms with Gasteiger partial charge in [0.15, 0.2) is 0 Å². The summed E-state index contributed by atoms with van der Waals surface area (Å²) in [5.41, 5.74) is 5.16. The fourth-order valence-corrected chi connectivity index (χ4v) is 1.85. The van der Waals surface area contributed by atoms with Gasteiger partial charge >= 0.3 is 0 Å². The first-order valence-electron chi connectivity index (χ1n) is 7.14. The monoisotopic (exact) mass is 384 g/mol. The molecule has 0 aliphatic carbocycles. The first kappa shape index (κ1) is 19.1. The second-order valence-corrected chi connectivity index (χ2v) is 6.08. The van der Waals surface area contributed by atoms with Gasteiger partial charge < -0.3 is 10.2 Å². The normalized spacial score (nSPS) is 10.3. The number of nitrogens with zero attached hydrogens (tertiary/aromatic N) is 1. The molecule has 0 bridgehead atoms. The zero-order chi connectivity index (χ0) is 17.2. The minimum absolute atomic E-state index is 0.0796. The summed E-state index contributed by atoms with van der Waals surface area (Å²) in [6, 6.07) is 6.91. The molecule has 0 atom stereocenters. The van der Waals surface area contributed by atoms with E-state index >= 15 is 0 Å². The Kier molecular flexibility index (Phi) is 8.28. The van der Waals surface area contributed by atoms with Gasteiger partial charge in [0.25, 0.3) is 5.91 Å². The quantitative estimate of drug-likeness (QED) is 0.602. The molecule has 0 unspecified atom stereocenters. The van der Waals surface area contributed by atoms with Gasteiger partial charge in [0.1, 0.15) is 0 Å². The summed E-state index contributed by atoms with van der Waals surface area (Å²) in [6.45, 7) is 0.791. The van der Waals surface area contributed by atoms with Crippen LogP contribution in [0.1, 0.15) is 23.2 Å². The van der Waals surface area contributed by atoms with Crippen LogP contribution in [-0.4, -0.2) is 49.8 Å². The van der Waals surface area contributed by atoms with E-state index in [2.05, 4.69) is 32.1 Å². The van der Waals surface area contributed by atoms with Crippen molar-refractivity contribution in [2.45, 2.75) is 12.8 Å². The van der Waals surface area contributed by atoms with Crippen LogP contribution < -0.4 is 16.2 Å². The van der Waals surface area contributed by atoms with E-state index in [-0.39, 0.29) is 30.7 Å². The summed E-state index contributed by atoms with van der Waals surface area (Å²) in [5.74, 6) is -0.870. The summed E-state index contributed by atoms with van der Waals surface area (Å²) in [4.78, 5) is 36.7. The third-order valence-electron chi connectivity index (χ3n) is 2.87. The minimum atomic E-state index is -0.362. The summed E-state index contributed by atoms with van der Waals surface area (Å²) < 4.78 is 0.887. The molecule has 1 aromatic rings. The Morgan fingerprint density at radius 2 is 1.57 bits per heavy atom. The third-order valence-corrected chi connectivity index (χ3v) is 3.40. The van der Waals surface area contributed by atoms with Crippen LogP contribution in [-0.2, 0) is 9.59 Å². The Labute approximate surface area is 143 Å². The first-order valence-corrected chi connectivity index (χ1v) is 7.94. The summed E-state index contributed by atoms with van der Waals surface area (Å²) in [5, 5.41) is 2.64. The number of amides is 3. The molecule has 0 aliphatic rings. The molecule has 7 nitrogen and oxygen atoms in total. The van der Waals surface area contributed by atoms with Crippen molar-refractivity contribution in [3.05, 3.63) is 34.3 Å². The molecule has 3 amide bonds. The molecular formula is C15H21BrN4O3. The Bertz CT molecular complexity index is 546. The summed E-state index contributed by atoms with van der Waals surface area (Å²) in [6.07, 6.45) is 0.379.